The molecule has 1 fully saturated rings. The molecule has 1 aromatic rings. The van der Waals surface area contributed by atoms with E-state index in [0.717, 1.165) is 25.2 Å². The first-order valence-electron chi connectivity index (χ1n) is 7.11. The number of hydrogen-bond donors (Lipinski definition) is 1. The molecule has 20 heavy (non-hydrogen) atoms. The van der Waals surface area contributed by atoms with E-state index in [1.165, 1.54) is 12.8 Å². The van der Waals surface area contributed by atoms with E-state index < -0.39 is 10.0 Å². The molecular formula is C13H22BrN3O2S. The molecule has 0 saturated heterocycles. The predicted molar refractivity (Wildman–Crippen MR) is 82.5 cm³/mol. The van der Waals surface area contributed by atoms with Crippen LogP contribution in [-0.2, 0) is 16.6 Å². The van der Waals surface area contributed by atoms with E-state index in [2.05, 4.69) is 25.6 Å². The number of alkyl halides is 1. The standard InChI is InChI=1S/C13H22BrN3O2S/c1-3-17-9-13(16-10(17)2)20(18,19)15-8-11-6-4-5-7-12(11)14/h9,11-12,15H,3-8H2,1-2H3. The maximum atomic E-state index is 12.3. The van der Waals surface area contributed by atoms with E-state index in [1.807, 2.05) is 18.4 Å². The summed E-state index contributed by atoms with van der Waals surface area (Å²) < 4.78 is 29.1. The second-order valence-electron chi connectivity index (χ2n) is 5.32. The number of sulfonamides is 1. The van der Waals surface area contributed by atoms with Crippen molar-refractivity contribution in [2.24, 2.45) is 5.92 Å². The Morgan fingerprint density at radius 1 is 1.45 bits per heavy atom. The van der Waals surface area contributed by atoms with Gasteiger partial charge in [0.15, 0.2) is 5.03 Å². The van der Waals surface area contributed by atoms with Crippen molar-refractivity contribution in [3.63, 3.8) is 0 Å². The van der Waals surface area contributed by atoms with Gasteiger partial charge in [0.2, 0.25) is 0 Å². The molecule has 0 aromatic carbocycles. The van der Waals surface area contributed by atoms with Crippen LogP contribution in [0.5, 0.6) is 0 Å². The Kier molecular flexibility index (Phi) is 5.25. The number of imidazole rings is 1. The molecule has 0 bridgehead atoms. The van der Waals surface area contributed by atoms with Crippen molar-refractivity contribution in [2.75, 3.05) is 6.54 Å². The van der Waals surface area contributed by atoms with Crippen LogP contribution >= 0.6 is 15.9 Å². The third-order valence-electron chi connectivity index (χ3n) is 3.92. The van der Waals surface area contributed by atoms with Crippen LogP contribution < -0.4 is 4.72 Å². The molecule has 1 N–H and O–H groups in total. The zero-order valence-electron chi connectivity index (χ0n) is 12.0. The molecule has 0 radical (unpaired) electrons. The molecule has 2 unspecified atom stereocenters. The van der Waals surface area contributed by atoms with E-state index >= 15 is 0 Å². The highest BCUT2D eigenvalue weighted by Gasteiger charge is 2.26. The first kappa shape index (κ1) is 16.0. The number of rotatable bonds is 5. The van der Waals surface area contributed by atoms with E-state index in [0.29, 0.717) is 17.3 Å². The molecule has 5 nitrogen and oxygen atoms in total. The maximum absolute atomic E-state index is 12.3. The van der Waals surface area contributed by atoms with Crippen molar-refractivity contribution in [1.29, 1.82) is 0 Å². The van der Waals surface area contributed by atoms with Crippen molar-refractivity contribution >= 4 is 26.0 Å². The fourth-order valence-corrected chi connectivity index (χ4v) is 4.49. The summed E-state index contributed by atoms with van der Waals surface area (Å²) >= 11 is 3.65. The smallest absolute Gasteiger partial charge is 0.259 e. The van der Waals surface area contributed by atoms with Gasteiger partial charge in [-0.1, -0.05) is 28.8 Å². The molecule has 0 amide bonds. The molecule has 2 rings (SSSR count). The average Bonchev–Trinajstić information content (AvgIpc) is 2.80. The lowest BCUT2D eigenvalue weighted by Gasteiger charge is -2.27. The number of nitrogens with zero attached hydrogens (tertiary/aromatic N) is 2. The predicted octanol–water partition coefficient (Wildman–Crippen LogP) is 2.44. The van der Waals surface area contributed by atoms with Crippen LogP contribution in [0.1, 0.15) is 38.4 Å². The number of aryl methyl sites for hydroxylation is 2. The second-order valence-corrected chi connectivity index (χ2v) is 8.21. The summed E-state index contributed by atoms with van der Waals surface area (Å²) in [6.07, 6.45) is 6.19. The van der Waals surface area contributed by atoms with E-state index in [4.69, 9.17) is 0 Å². The van der Waals surface area contributed by atoms with Gasteiger partial charge in [-0.05, 0) is 32.6 Å². The van der Waals surface area contributed by atoms with Gasteiger partial charge < -0.3 is 4.57 Å². The van der Waals surface area contributed by atoms with Crippen molar-refractivity contribution in [1.82, 2.24) is 14.3 Å². The van der Waals surface area contributed by atoms with Crippen molar-refractivity contribution in [3.8, 4) is 0 Å². The zero-order chi connectivity index (χ0) is 14.8. The molecule has 1 aliphatic rings. The molecule has 2 atom stereocenters. The van der Waals surface area contributed by atoms with Gasteiger partial charge >= 0.3 is 0 Å². The molecule has 1 saturated carbocycles. The number of hydrogen-bond acceptors (Lipinski definition) is 3. The summed E-state index contributed by atoms with van der Waals surface area (Å²) in [5, 5.41) is 0.124. The van der Waals surface area contributed by atoms with Crippen molar-refractivity contribution < 1.29 is 8.42 Å². The Morgan fingerprint density at radius 2 is 2.15 bits per heavy atom. The van der Waals surface area contributed by atoms with E-state index in [-0.39, 0.29) is 5.03 Å². The minimum absolute atomic E-state index is 0.124. The molecule has 1 heterocycles. The van der Waals surface area contributed by atoms with Crippen LogP contribution in [0, 0.1) is 12.8 Å². The topological polar surface area (TPSA) is 64.0 Å². The lowest BCUT2D eigenvalue weighted by Crippen LogP contribution is -2.34. The maximum Gasteiger partial charge on any atom is 0.259 e. The molecule has 1 aromatic heterocycles. The fourth-order valence-electron chi connectivity index (χ4n) is 2.61. The van der Waals surface area contributed by atoms with Gasteiger partial charge in [-0.25, -0.2) is 18.1 Å². The van der Waals surface area contributed by atoms with Gasteiger partial charge in [-0.3, -0.25) is 0 Å². The SMILES string of the molecule is CCn1cc(S(=O)(=O)NCC2CCCCC2Br)nc1C. The normalized spacial score (nSPS) is 23.9. The van der Waals surface area contributed by atoms with Crippen LogP contribution in [0.3, 0.4) is 0 Å². The van der Waals surface area contributed by atoms with Crippen LogP contribution in [0.4, 0.5) is 0 Å². The minimum Gasteiger partial charge on any atom is -0.334 e. The molecule has 0 spiro atoms. The Balaban J connectivity index is 2.03. The molecule has 114 valence electrons. The highest BCUT2D eigenvalue weighted by molar-refractivity contribution is 9.09. The van der Waals surface area contributed by atoms with Gasteiger partial charge in [0, 0.05) is 24.1 Å². The third kappa shape index (κ3) is 3.62. The molecule has 0 aliphatic heterocycles. The highest BCUT2D eigenvalue weighted by Crippen LogP contribution is 2.29. The summed E-state index contributed by atoms with van der Waals surface area (Å²) in [7, 11) is -3.50. The summed E-state index contributed by atoms with van der Waals surface area (Å²) in [5.41, 5.74) is 0. The van der Waals surface area contributed by atoms with Crippen LogP contribution in [0.15, 0.2) is 11.2 Å². The quantitative estimate of drug-likeness (QED) is 0.817. The second kappa shape index (κ2) is 6.58. The molecule has 1 aliphatic carbocycles. The van der Waals surface area contributed by atoms with Crippen LogP contribution in [0.25, 0.3) is 0 Å². The van der Waals surface area contributed by atoms with Gasteiger partial charge in [-0.15, -0.1) is 0 Å². The minimum atomic E-state index is -3.50. The summed E-state index contributed by atoms with van der Waals surface area (Å²) in [6.45, 7) is 4.99. The third-order valence-corrected chi connectivity index (χ3v) is 6.42. The fraction of sp³-hybridized carbons (Fsp3) is 0.769. The van der Waals surface area contributed by atoms with E-state index in [9.17, 15) is 8.42 Å². The van der Waals surface area contributed by atoms with Gasteiger partial charge in [0.05, 0.1) is 0 Å². The summed E-state index contributed by atoms with van der Waals surface area (Å²) in [5.74, 6) is 1.09. The Hall–Kier alpha value is -0.400. The summed E-state index contributed by atoms with van der Waals surface area (Å²) in [4.78, 5) is 4.55. The van der Waals surface area contributed by atoms with Gasteiger partial charge in [-0.2, -0.15) is 0 Å². The van der Waals surface area contributed by atoms with Gasteiger partial charge in [0.1, 0.15) is 5.82 Å². The first-order valence-corrected chi connectivity index (χ1v) is 9.51. The average molecular weight is 364 g/mol. The van der Waals surface area contributed by atoms with Crippen molar-refractivity contribution in [3.05, 3.63) is 12.0 Å². The Bertz CT molecular complexity index is 556. The first-order chi connectivity index (χ1) is 9.44. The zero-order valence-corrected chi connectivity index (χ0v) is 14.4. The monoisotopic (exact) mass is 363 g/mol. The number of halogens is 1. The number of aromatic nitrogens is 2. The van der Waals surface area contributed by atoms with Crippen LogP contribution in [0.2, 0.25) is 0 Å². The summed E-state index contributed by atoms with van der Waals surface area (Å²) in [6, 6.07) is 0. The van der Waals surface area contributed by atoms with Gasteiger partial charge in [0.25, 0.3) is 10.0 Å². The molecular weight excluding hydrogens is 342 g/mol. The van der Waals surface area contributed by atoms with E-state index in [1.54, 1.807) is 6.20 Å². The Labute approximate surface area is 129 Å². The Morgan fingerprint density at radius 3 is 2.75 bits per heavy atom. The lowest BCUT2D eigenvalue weighted by atomic mass is 9.89. The largest absolute Gasteiger partial charge is 0.334 e. The van der Waals surface area contributed by atoms with Crippen LogP contribution in [-0.4, -0.2) is 29.3 Å². The number of nitrogens with one attached hydrogen (secondary N) is 1. The highest BCUT2D eigenvalue weighted by atomic mass is 79.9. The lowest BCUT2D eigenvalue weighted by molar-refractivity contribution is 0.373. The van der Waals surface area contributed by atoms with Crippen molar-refractivity contribution in [2.45, 2.75) is 55.9 Å². The molecule has 7 heteroatoms.